The molecular formula is C24H30N4. The number of aromatic nitrogens is 2. The van der Waals surface area contributed by atoms with Crippen molar-refractivity contribution < 1.29 is 0 Å². The van der Waals surface area contributed by atoms with E-state index in [1.54, 1.807) is 0 Å². The van der Waals surface area contributed by atoms with Gasteiger partial charge >= 0.3 is 0 Å². The van der Waals surface area contributed by atoms with Gasteiger partial charge in [-0.1, -0.05) is 12.1 Å². The molecule has 1 aromatic heterocycles. The van der Waals surface area contributed by atoms with E-state index in [1.165, 1.54) is 67.7 Å². The van der Waals surface area contributed by atoms with E-state index in [2.05, 4.69) is 58.5 Å². The molecule has 1 fully saturated rings. The molecule has 0 aliphatic carbocycles. The molecule has 0 amide bonds. The molecule has 28 heavy (non-hydrogen) atoms. The maximum atomic E-state index is 4.85. The van der Waals surface area contributed by atoms with Gasteiger partial charge in [-0.3, -0.25) is 0 Å². The normalized spacial score (nSPS) is 17.4. The first-order chi connectivity index (χ1) is 13.8. The molecule has 0 spiro atoms. The van der Waals surface area contributed by atoms with Crippen molar-refractivity contribution in [3.63, 3.8) is 0 Å². The van der Waals surface area contributed by atoms with Crippen molar-refractivity contribution in [3.8, 4) is 11.4 Å². The third-order valence-electron chi connectivity index (χ3n) is 6.56. The van der Waals surface area contributed by atoms with Gasteiger partial charge in [0.2, 0.25) is 0 Å². The van der Waals surface area contributed by atoms with Crippen LogP contribution in [0.3, 0.4) is 0 Å². The largest absolute Gasteiger partial charge is 0.371 e. The minimum atomic E-state index is 0.933. The van der Waals surface area contributed by atoms with E-state index in [-0.39, 0.29) is 0 Å². The molecule has 0 radical (unpaired) electrons. The Morgan fingerprint density at radius 3 is 2.89 bits per heavy atom. The van der Waals surface area contributed by atoms with Crippen LogP contribution in [0.25, 0.3) is 22.4 Å². The van der Waals surface area contributed by atoms with Crippen LogP contribution in [-0.4, -0.2) is 36.1 Å². The fraction of sp³-hybridized carbons (Fsp3) is 0.458. The Morgan fingerprint density at radius 2 is 2.04 bits per heavy atom. The summed E-state index contributed by atoms with van der Waals surface area (Å²) in [5.41, 5.74) is 7.53. The summed E-state index contributed by atoms with van der Waals surface area (Å²) in [6.07, 6.45) is 6.56. The Labute approximate surface area is 167 Å². The average Bonchev–Trinajstić information content (AvgIpc) is 3.34. The molecule has 1 saturated heterocycles. The number of fused-ring (bicyclic) bond motifs is 2. The Hall–Kier alpha value is -2.33. The van der Waals surface area contributed by atoms with Gasteiger partial charge in [-0.05, 0) is 93.4 Å². The van der Waals surface area contributed by atoms with Gasteiger partial charge in [-0.25, -0.2) is 4.98 Å². The highest BCUT2D eigenvalue weighted by Gasteiger charge is 2.21. The number of para-hydroxylation sites is 1. The molecule has 2 aliphatic heterocycles. The van der Waals surface area contributed by atoms with Crippen molar-refractivity contribution >= 4 is 16.7 Å². The minimum Gasteiger partial charge on any atom is -0.371 e. The first kappa shape index (κ1) is 17.7. The second-order valence-electron chi connectivity index (χ2n) is 8.47. The van der Waals surface area contributed by atoms with Crippen LogP contribution >= 0.6 is 0 Å². The molecule has 2 aliphatic rings. The summed E-state index contributed by atoms with van der Waals surface area (Å²) in [5.74, 6) is 1.92. The smallest absolute Gasteiger partial charge is 0.138 e. The van der Waals surface area contributed by atoms with Crippen LogP contribution in [0, 0.1) is 12.8 Å². The Morgan fingerprint density at radius 1 is 1.14 bits per heavy atom. The lowest BCUT2D eigenvalue weighted by atomic mass is 9.93. The van der Waals surface area contributed by atoms with E-state index < -0.39 is 0 Å². The van der Waals surface area contributed by atoms with Gasteiger partial charge in [0.15, 0.2) is 0 Å². The third-order valence-corrected chi connectivity index (χ3v) is 6.56. The second-order valence-corrected chi connectivity index (χ2v) is 8.47. The number of nitrogens with zero attached hydrogens (tertiary/aromatic N) is 2. The number of aryl methyl sites for hydroxylation is 1. The molecule has 4 heteroatoms. The van der Waals surface area contributed by atoms with Gasteiger partial charge < -0.3 is 15.2 Å². The number of nitrogens with one attached hydrogen (secondary N) is 2. The molecule has 0 atom stereocenters. The van der Waals surface area contributed by atoms with Gasteiger partial charge in [0.25, 0.3) is 0 Å². The van der Waals surface area contributed by atoms with Crippen molar-refractivity contribution in [2.24, 2.45) is 5.92 Å². The van der Waals surface area contributed by atoms with Crippen LogP contribution in [0.15, 0.2) is 36.4 Å². The van der Waals surface area contributed by atoms with Crippen LogP contribution in [0.5, 0.6) is 0 Å². The van der Waals surface area contributed by atoms with E-state index in [1.807, 2.05) is 0 Å². The quantitative estimate of drug-likeness (QED) is 0.681. The third kappa shape index (κ3) is 3.42. The van der Waals surface area contributed by atoms with E-state index >= 15 is 0 Å². The molecule has 3 heterocycles. The lowest BCUT2D eigenvalue weighted by Crippen LogP contribution is -2.28. The SMILES string of the molecule is Cc1cccc2[nH]c(-c3ccc4c(c3)CCN4CCCC3CCNCC3)nc12. The van der Waals surface area contributed by atoms with E-state index in [4.69, 9.17) is 4.98 Å². The zero-order valence-corrected chi connectivity index (χ0v) is 16.8. The summed E-state index contributed by atoms with van der Waals surface area (Å²) in [6, 6.07) is 13.2. The molecule has 0 bridgehead atoms. The molecule has 146 valence electrons. The van der Waals surface area contributed by atoms with Gasteiger partial charge in [-0.15, -0.1) is 0 Å². The number of rotatable bonds is 5. The number of benzene rings is 2. The highest BCUT2D eigenvalue weighted by Crippen LogP contribution is 2.33. The number of aromatic amines is 1. The summed E-state index contributed by atoms with van der Waals surface area (Å²) in [5, 5.41) is 3.47. The maximum Gasteiger partial charge on any atom is 0.138 e. The molecule has 2 aromatic carbocycles. The Kier molecular flexibility index (Phi) is 4.81. The molecule has 0 saturated carbocycles. The summed E-state index contributed by atoms with van der Waals surface area (Å²) in [6.45, 7) is 6.89. The van der Waals surface area contributed by atoms with Crippen molar-refractivity contribution in [2.45, 2.75) is 39.0 Å². The maximum absolute atomic E-state index is 4.85. The van der Waals surface area contributed by atoms with Crippen molar-refractivity contribution in [3.05, 3.63) is 47.5 Å². The number of imidazole rings is 1. The predicted molar refractivity (Wildman–Crippen MR) is 117 cm³/mol. The molecular weight excluding hydrogens is 344 g/mol. The van der Waals surface area contributed by atoms with Gasteiger partial charge in [0, 0.05) is 24.3 Å². The molecule has 2 N–H and O–H groups in total. The van der Waals surface area contributed by atoms with Gasteiger partial charge in [-0.2, -0.15) is 0 Å². The minimum absolute atomic E-state index is 0.933. The number of hydrogen-bond acceptors (Lipinski definition) is 3. The molecule has 4 nitrogen and oxygen atoms in total. The lowest BCUT2D eigenvalue weighted by molar-refractivity contribution is 0.348. The molecule has 3 aromatic rings. The number of piperidine rings is 1. The Bertz CT molecular complexity index is 968. The van der Waals surface area contributed by atoms with Crippen molar-refractivity contribution in [1.29, 1.82) is 0 Å². The van der Waals surface area contributed by atoms with Gasteiger partial charge in [0.05, 0.1) is 11.0 Å². The first-order valence-electron chi connectivity index (χ1n) is 10.8. The van der Waals surface area contributed by atoms with Crippen molar-refractivity contribution in [1.82, 2.24) is 15.3 Å². The van der Waals surface area contributed by atoms with Crippen LogP contribution in [0.4, 0.5) is 5.69 Å². The fourth-order valence-corrected chi connectivity index (χ4v) is 4.90. The van der Waals surface area contributed by atoms with E-state index in [0.29, 0.717) is 0 Å². The first-order valence-corrected chi connectivity index (χ1v) is 10.8. The van der Waals surface area contributed by atoms with Crippen LogP contribution in [-0.2, 0) is 6.42 Å². The Balaban J connectivity index is 1.28. The molecule has 0 unspecified atom stereocenters. The van der Waals surface area contributed by atoms with Crippen LogP contribution in [0.1, 0.15) is 36.8 Å². The predicted octanol–water partition coefficient (Wildman–Crippen LogP) is 4.68. The second kappa shape index (κ2) is 7.59. The van der Waals surface area contributed by atoms with Crippen LogP contribution < -0.4 is 10.2 Å². The molecule has 5 rings (SSSR count). The standard InChI is InChI=1S/C24H30N4/c1-17-4-2-6-21-23(17)27-24(26-21)20-7-8-22-19(16-20)11-15-28(22)14-3-5-18-9-12-25-13-10-18/h2,4,6-8,16,18,25H,3,5,9-15H2,1H3,(H,26,27). The summed E-state index contributed by atoms with van der Waals surface area (Å²) in [4.78, 5) is 10.9. The number of hydrogen-bond donors (Lipinski definition) is 2. The topological polar surface area (TPSA) is 44.0 Å². The summed E-state index contributed by atoms with van der Waals surface area (Å²) in [7, 11) is 0. The monoisotopic (exact) mass is 374 g/mol. The van der Waals surface area contributed by atoms with E-state index in [9.17, 15) is 0 Å². The lowest BCUT2D eigenvalue weighted by Gasteiger charge is -2.24. The fourth-order valence-electron chi connectivity index (χ4n) is 4.90. The zero-order chi connectivity index (χ0) is 18.9. The van der Waals surface area contributed by atoms with Crippen molar-refractivity contribution in [2.75, 3.05) is 31.1 Å². The summed E-state index contributed by atoms with van der Waals surface area (Å²) < 4.78 is 0. The van der Waals surface area contributed by atoms with Gasteiger partial charge in [0.1, 0.15) is 5.82 Å². The highest BCUT2D eigenvalue weighted by molar-refractivity contribution is 5.82. The zero-order valence-electron chi connectivity index (χ0n) is 16.8. The van der Waals surface area contributed by atoms with E-state index in [0.717, 1.165) is 35.7 Å². The average molecular weight is 375 g/mol. The number of H-pyrrole nitrogens is 1. The summed E-state index contributed by atoms with van der Waals surface area (Å²) >= 11 is 0. The number of anilines is 1. The van der Waals surface area contributed by atoms with Crippen LogP contribution in [0.2, 0.25) is 0 Å². The highest BCUT2D eigenvalue weighted by atomic mass is 15.1.